The Kier molecular flexibility index (Phi) is 5.43. The standard InChI is InChI=1S/C24H19NO6/c26-12-5-4-9-15-10-6-11-16-17(13-25-19(15)16)20(27)23-21(28)18(22(31-23)24(29)30)14-7-2-1-3-8-14/h1-4,6-11,13,25-26,28H,5,12H2,(H,29,30)/b9-4+. The number of rotatable bonds is 7. The van der Waals surface area contributed by atoms with Crippen LogP contribution in [0.15, 0.2) is 65.2 Å². The van der Waals surface area contributed by atoms with E-state index in [0.717, 1.165) is 5.56 Å². The van der Waals surface area contributed by atoms with E-state index in [0.29, 0.717) is 22.9 Å². The van der Waals surface area contributed by atoms with Crippen molar-refractivity contribution in [2.75, 3.05) is 6.61 Å². The molecule has 2 heterocycles. The molecular weight excluding hydrogens is 398 g/mol. The van der Waals surface area contributed by atoms with Crippen LogP contribution in [0.25, 0.3) is 28.1 Å². The highest BCUT2D eigenvalue weighted by Crippen LogP contribution is 2.40. The Bertz CT molecular complexity index is 1300. The lowest BCUT2D eigenvalue weighted by molar-refractivity contribution is 0.0661. The number of para-hydroxylation sites is 1. The number of benzene rings is 2. The maximum atomic E-state index is 13.2. The number of carboxylic acid groups (broad SMARTS) is 1. The average molecular weight is 417 g/mol. The largest absolute Gasteiger partial charge is 0.504 e. The number of carbonyl (C=O) groups excluding carboxylic acids is 1. The predicted octanol–water partition coefficient (Wildman–Crippen LogP) is 4.46. The minimum absolute atomic E-state index is 0.0361. The molecule has 0 spiro atoms. The first-order chi connectivity index (χ1) is 15.0. The molecule has 0 saturated carbocycles. The number of aromatic carboxylic acids is 1. The number of H-pyrrole nitrogens is 1. The number of aromatic hydroxyl groups is 1. The van der Waals surface area contributed by atoms with Crippen LogP contribution in [0.4, 0.5) is 0 Å². The van der Waals surface area contributed by atoms with Crippen molar-refractivity contribution in [1.82, 2.24) is 4.98 Å². The zero-order valence-electron chi connectivity index (χ0n) is 16.3. The summed E-state index contributed by atoms with van der Waals surface area (Å²) in [6.07, 6.45) is 5.66. The van der Waals surface area contributed by atoms with E-state index in [1.54, 1.807) is 42.5 Å². The number of aliphatic hydroxyl groups is 1. The van der Waals surface area contributed by atoms with Crippen molar-refractivity contribution in [2.45, 2.75) is 6.42 Å². The van der Waals surface area contributed by atoms with Crippen molar-refractivity contribution in [3.8, 4) is 16.9 Å². The van der Waals surface area contributed by atoms with Gasteiger partial charge in [-0.05, 0) is 17.5 Å². The van der Waals surface area contributed by atoms with Crippen molar-refractivity contribution in [1.29, 1.82) is 0 Å². The van der Waals surface area contributed by atoms with E-state index < -0.39 is 29.0 Å². The summed E-state index contributed by atoms with van der Waals surface area (Å²) in [5, 5.41) is 29.8. The SMILES string of the molecule is O=C(O)c1oc(C(=O)c2c[nH]c3c(/C=C/CCO)cccc23)c(O)c1-c1ccccc1. The van der Waals surface area contributed by atoms with Crippen molar-refractivity contribution in [3.05, 3.63) is 83.5 Å². The molecule has 0 aliphatic rings. The van der Waals surface area contributed by atoms with Gasteiger partial charge in [-0.1, -0.05) is 60.7 Å². The van der Waals surface area contributed by atoms with Crippen LogP contribution in [0, 0.1) is 0 Å². The predicted molar refractivity (Wildman–Crippen MR) is 115 cm³/mol. The highest BCUT2D eigenvalue weighted by Gasteiger charge is 2.30. The number of furan rings is 1. The molecule has 4 aromatic rings. The third-order valence-electron chi connectivity index (χ3n) is 4.93. The van der Waals surface area contributed by atoms with Gasteiger partial charge in [0, 0.05) is 18.2 Å². The van der Waals surface area contributed by atoms with E-state index in [1.807, 2.05) is 18.2 Å². The van der Waals surface area contributed by atoms with Crippen LogP contribution < -0.4 is 0 Å². The molecule has 0 fully saturated rings. The van der Waals surface area contributed by atoms with E-state index in [-0.39, 0.29) is 17.7 Å². The number of aromatic amines is 1. The third kappa shape index (κ3) is 3.62. The van der Waals surface area contributed by atoms with E-state index in [1.165, 1.54) is 6.20 Å². The Morgan fingerprint density at radius 3 is 2.52 bits per heavy atom. The van der Waals surface area contributed by atoms with Crippen LogP contribution in [-0.4, -0.2) is 38.7 Å². The Morgan fingerprint density at radius 2 is 1.81 bits per heavy atom. The summed E-state index contributed by atoms with van der Waals surface area (Å²) in [7, 11) is 0. The van der Waals surface area contributed by atoms with Gasteiger partial charge in [-0.25, -0.2) is 4.79 Å². The van der Waals surface area contributed by atoms with Gasteiger partial charge in [-0.2, -0.15) is 0 Å². The number of fused-ring (bicyclic) bond motifs is 1. The molecule has 0 saturated heterocycles. The van der Waals surface area contributed by atoms with Gasteiger partial charge >= 0.3 is 5.97 Å². The van der Waals surface area contributed by atoms with Crippen LogP contribution in [0.1, 0.15) is 38.7 Å². The summed E-state index contributed by atoms with van der Waals surface area (Å²) in [5.41, 5.74) is 2.16. The zero-order chi connectivity index (χ0) is 22.0. The van der Waals surface area contributed by atoms with Crippen LogP contribution in [0.2, 0.25) is 0 Å². The van der Waals surface area contributed by atoms with Crippen molar-refractivity contribution < 1.29 is 29.3 Å². The van der Waals surface area contributed by atoms with Crippen LogP contribution in [0.3, 0.4) is 0 Å². The third-order valence-corrected chi connectivity index (χ3v) is 4.93. The number of ketones is 1. The molecule has 0 unspecified atom stereocenters. The first kappa shape index (κ1) is 20.2. The molecule has 2 aromatic heterocycles. The Hall–Kier alpha value is -4.10. The number of aliphatic hydroxyl groups excluding tert-OH is 1. The Morgan fingerprint density at radius 1 is 1.03 bits per heavy atom. The smallest absolute Gasteiger partial charge is 0.372 e. The lowest BCUT2D eigenvalue weighted by Gasteiger charge is -2.01. The summed E-state index contributed by atoms with van der Waals surface area (Å²) < 4.78 is 5.35. The van der Waals surface area contributed by atoms with Crippen LogP contribution >= 0.6 is 0 Å². The maximum absolute atomic E-state index is 13.2. The Labute approximate surface area is 176 Å². The molecule has 0 radical (unpaired) electrons. The zero-order valence-corrected chi connectivity index (χ0v) is 16.3. The molecule has 4 rings (SSSR count). The first-order valence-corrected chi connectivity index (χ1v) is 9.59. The molecule has 7 nitrogen and oxygen atoms in total. The van der Waals surface area contributed by atoms with E-state index >= 15 is 0 Å². The fourth-order valence-electron chi connectivity index (χ4n) is 3.51. The number of hydrogen-bond acceptors (Lipinski definition) is 5. The van der Waals surface area contributed by atoms with Gasteiger partial charge in [0.05, 0.1) is 16.6 Å². The molecule has 4 N–H and O–H groups in total. The summed E-state index contributed by atoms with van der Waals surface area (Å²) in [5.74, 6) is -3.46. The molecule has 0 bridgehead atoms. The maximum Gasteiger partial charge on any atom is 0.372 e. The second-order valence-electron chi connectivity index (χ2n) is 6.87. The minimum Gasteiger partial charge on any atom is -0.504 e. The molecule has 0 amide bonds. The van der Waals surface area contributed by atoms with Gasteiger partial charge in [-0.3, -0.25) is 4.79 Å². The Balaban J connectivity index is 1.82. The lowest BCUT2D eigenvalue weighted by atomic mass is 10.0. The van der Waals surface area contributed by atoms with E-state index in [2.05, 4.69) is 4.98 Å². The number of aromatic nitrogens is 1. The van der Waals surface area contributed by atoms with Crippen LogP contribution in [-0.2, 0) is 0 Å². The van der Waals surface area contributed by atoms with Crippen LogP contribution in [0.5, 0.6) is 5.75 Å². The number of carbonyl (C=O) groups is 2. The highest BCUT2D eigenvalue weighted by molar-refractivity contribution is 6.18. The van der Waals surface area contributed by atoms with Gasteiger partial charge < -0.3 is 24.7 Å². The van der Waals surface area contributed by atoms with Crippen molar-refractivity contribution in [2.24, 2.45) is 0 Å². The number of hydrogen-bond donors (Lipinski definition) is 4. The number of nitrogens with one attached hydrogen (secondary N) is 1. The molecule has 2 aromatic carbocycles. The fraction of sp³-hybridized carbons (Fsp3) is 0.0833. The monoisotopic (exact) mass is 417 g/mol. The van der Waals surface area contributed by atoms with Gasteiger partial charge in [0.25, 0.3) is 0 Å². The molecule has 7 heteroatoms. The molecular formula is C24H19NO6. The van der Waals surface area contributed by atoms with Gasteiger partial charge in [0.2, 0.25) is 17.3 Å². The molecule has 0 aliphatic heterocycles. The van der Waals surface area contributed by atoms with Crippen molar-refractivity contribution >= 4 is 28.7 Å². The summed E-state index contributed by atoms with van der Waals surface area (Å²) in [4.78, 5) is 28.0. The minimum atomic E-state index is -1.39. The van der Waals surface area contributed by atoms with Crippen molar-refractivity contribution in [3.63, 3.8) is 0 Å². The van der Waals surface area contributed by atoms with Gasteiger partial charge in [0.1, 0.15) is 0 Å². The molecule has 31 heavy (non-hydrogen) atoms. The molecule has 0 atom stereocenters. The summed E-state index contributed by atoms with van der Waals surface area (Å²) in [6, 6.07) is 13.8. The van der Waals surface area contributed by atoms with Gasteiger partial charge in [-0.15, -0.1) is 0 Å². The fourth-order valence-corrected chi connectivity index (χ4v) is 3.51. The topological polar surface area (TPSA) is 124 Å². The summed E-state index contributed by atoms with van der Waals surface area (Å²) >= 11 is 0. The second kappa shape index (κ2) is 8.33. The molecule has 0 aliphatic carbocycles. The quantitative estimate of drug-likeness (QED) is 0.329. The highest BCUT2D eigenvalue weighted by atomic mass is 16.4. The first-order valence-electron chi connectivity index (χ1n) is 9.59. The van der Waals surface area contributed by atoms with E-state index in [9.17, 15) is 19.8 Å². The van der Waals surface area contributed by atoms with E-state index in [4.69, 9.17) is 9.52 Å². The normalized spacial score (nSPS) is 11.4. The number of carboxylic acids is 1. The lowest BCUT2D eigenvalue weighted by Crippen LogP contribution is -1.99. The van der Waals surface area contributed by atoms with Gasteiger partial charge in [0.15, 0.2) is 5.75 Å². The second-order valence-corrected chi connectivity index (χ2v) is 6.87. The summed E-state index contributed by atoms with van der Waals surface area (Å²) in [6.45, 7) is 0.0361. The molecule has 156 valence electrons. The average Bonchev–Trinajstić information content (AvgIpc) is 3.36.